The van der Waals surface area contributed by atoms with Crippen LogP contribution in [-0.2, 0) is 4.79 Å². The minimum absolute atomic E-state index is 0.107. The molecule has 0 radical (unpaired) electrons. The number of halogens is 1. The fourth-order valence-corrected chi connectivity index (χ4v) is 2.76. The summed E-state index contributed by atoms with van der Waals surface area (Å²) in [7, 11) is 1.44. The SMILES string of the molecule is COc1cc(C(C)=O)ccc1OCC(=O)Nc1ccc(-n2ccnc2C)c(F)c1. The number of amides is 1. The van der Waals surface area contributed by atoms with Crippen molar-refractivity contribution in [3.63, 3.8) is 0 Å². The van der Waals surface area contributed by atoms with Gasteiger partial charge in [0, 0.05) is 23.6 Å². The number of nitrogens with zero attached hydrogens (tertiary/aromatic N) is 2. The predicted octanol–water partition coefficient (Wildman–Crippen LogP) is 3.55. The predicted molar refractivity (Wildman–Crippen MR) is 105 cm³/mol. The zero-order valence-electron chi connectivity index (χ0n) is 16.2. The van der Waals surface area contributed by atoms with Crippen LogP contribution in [0.1, 0.15) is 23.1 Å². The second-order valence-corrected chi connectivity index (χ2v) is 6.27. The fraction of sp³-hybridized carbons (Fsp3) is 0.190. The molecule has 1 heterocycles. The number of ketones is 1. The van der Waals surface area contributed by atoms with E-state index >= 15 is 0 Å². The molecule has 0 aliphatic carbocycles. The van der Waals surface area contributed by atoms with Crippen molar-refractivity contribution in [3.05, 3.63) is 66.0 Å². The Kier molecular flexibility index (Phi) is 5.92. The molecule has 0 saturated heterocycles. The maximum absolute atomic E-state index is 14.4. The maximum Gasteiger partial charge on any atom is 0.262 e. The Morgan fingerprint density at radius 3 is 2.59 bits per heavy atom. The molecule has 0 aliphatic rings. The lowest BCUT2D eigenvalue weighted by atomic mass is 10.1. The third kappa shape index (κ3) is 4.60. The Balaban J connectivity index is 1.65. The molecule has 7 nitrogen and oxygen atoms in total. The first-order chi connectivity index (χ1) is 13.9. The number of aromatic nitrogens is 2. The van der Waals surface area contributed by atoms with Crippen LogP contribution in [-0.4, -0.2) is 35.0 Å². The van der Waals surface area contributed by atoms with Crippen molar-refractivity contribution in [2.75, 3.05) is 19.0 Å². The van der Waals surface area contributed by atoms with Crippen molar-refractivity contribution in [1.82, 2.24) is 9.55 Å². The zero-order chi connectivity index (χ0) is 21.0. The largest absolute Gasteiger partial charge is 0.493 e. The van der Waals surface area contributed by atoms with E-state index in [2.05, 4.69) is 10.3 Å². The van der Waals surface area contributed by atoms with Gasteiger partial charge in [0.25, 0.3) is 5.91 Å². The lowest BCUT2D eigenvalue weighted by Crippen LogP contribution is -2.20. The van der Waals surface area contributed by atoms with Crippen LogP contribution in [0.2, 0.25) is 0 Å². The topological polar surface area (TPSA) is 82.5 Å². The Hall–Kier alpha value is -3.68. The van der Waals surface area contributed by atoms with Gasteiger partial charge in [-0.2, -0.15) is 0 Å². The minimum atomic E-state index is -0.494. The van der Waals surface area contributed by atoms with Gasteiger partial charge in [0.15, 0.2) is 23.9 Å². The van der Waals surface area contributed by atoms with E-state index in [0.29, 0.717) is 34.3 Å². The number of carbonyl (C=O) groups is 2. The van der Waals surface area contributed by atoms with E-state index in [-0.39, 0.29) is 12.4 Å². The highest BCUT2D eigenvalue weighted by Gasteiger charge is 2.12. The molecule has 3 rings (SSSR count). The summed E-state index contributed by atoms with van der Waals surface area (Å²) >= 11 is 0. The summed E-state index contributed by atoms with van der Waals surface area (Å²) in [6.07, 6.45) is 3.24. The number of hydrogen-bond donors (Lipinski definition) is 1. The molecule has 0 saturated carbocycles. The molecule has 1 N–H and O–H groups in total. The third-order valence-corrected chi connectivity index (χ3v) is 4.25. The van der Waals surface area contributed by atoms with Gasteiger partial charge in [-0.25, -0.2) is 9.37 Å². The van der Waals surface area contributed by atoms with E-state index in [1.54, 1.807) is 54.2 Å². The smallest absolute Gasteiger partial charge is 0.262 e. The van der Waals surface area contributed by atoms with Gasteiger partial charge in [-0.05, 0) is 50.2 Å². The number of nitrogens with one attached hydrogen (secondary N) is 1. The average molecular weight is 397 g/mol. The van der Waals surface area contributed by atoms with Gasteiger partial charge in [-0.15, -0.1) is 0 Å². The number of imidazole rings is 1. The van der Waals surface area contributed by atoms with Crippen molar-refractivity contribution in [1.29, 1.82) is 0 Å². The van der Waals surface area contributed by atoms with Gasteiger partial charge in [-0.1, -0.05) is 0 Å². The van der Waals surface area contributed by atoms with Crippen molar-refractivity contribution in [2.45, 2.75) is 13.8 Å². The fourth-order valence-electron chi connectivity index (χ4n) is 2.76. The molecule has 150 valence electrons. The van der Waals surface area contributed by atoms with Crippen LogP contribution in [0.4, 0.5) is 10.1 Å². The highest BCUT2D eigenvalue weighted by Crippen LogP contribution is 2.28. The molecule has 29 heavy (non-hydrogen) atoms. The Bertz CT molecular complexity index is 1060. The van der Waals surface area contributed by atoms with Crippen LogP contribution in [0.15, 0.2) is 48.8 Å². The lowest BCUT2D eigenvalue weighted by Gasteiger charge is -2.12. The molecule has 8 heteroatoms. The number of rotatable bonds is 7. The highest BCUT2D eigenvalue weighted by molar-refractivity contribution is 5.95. The summed E-state index contributed by atoms with van der Waals surface area (Å²) in [6.45, 7) is 2.91. The summed E-state index contributed by atoms with van der Waals surface area (Å²) in [5, 5.41) is 2.58. The van der Waals surface area contributed by atoms with Crippen molar-refractivity contribution in [3.8, 4) is 17.2 Å². The number of carbonyl (C=O) groups excluding carboxylic acids is 2. The number of benzene rings is 2. The summed E-state index contributed by atoms with van der Waals surface area (Å²) in [5.41, 5.74) is 1.11. The summed E-state index contributed by atoms with van der Waals surface area (Å²) in [6, 6.07) is 9.08. The molecule has 0 spiro atoms. The Morgan fingerprint density at radius 2 is 1.97 bits per heavy atom. The van der Waals surface area contributed by atoms with E-state index in [4.69, 9.17) is 9.47 Å². The standard InChI is InChI=1S/C21H20FN3O4/c1-13(26)15-4-7-19(20(10-15)28-3)29-12-21(27)24-16-5-6-18(17(22)11-16)25-9-8-23-14(25)2/h4-11H,12H2,1-3H3,(H,24,27). The normalized spacial score (nSPS) is 10.5. The van der Waals surface area contributed by atoms with E-state index in [0.717, 1.165) is 0 Å². The highest BCUT2D eigenvalue weighted by atomic mass is 19.1. The monoisotopic (exact) mass is 397 g/mol. The number of ether oxygens (including phenoxy) is 2. The molecule has 1 amide bonds. The summed E-state index contributed by atoms with van der Waals surface area (Å²) in [4.78, 5) is 27.7. The molecular weight excluding hydrogens is 377 g/mol. The van der Waals surface area contributed by atoms with E-state index in [9.17, 15) is 14.0 Å². The molecule has 0 fully saturated rings. The molecule has 3 aromatic rings. The summed E-state index contributed by atoms with van der Waals surface area (Å²) in [5.74, 6) is 0.254. The van der Waals surface area contributed by atoms with Crippen LogP contribution in [0, 0.1) is 12.7 Å². The van der Waals surface area contributed by atoms with E-state index in [1.165, 1.54) is 20.1 Å². The van der Waals surface area contributed by atoms with E-state index < -0.39 is 11.7 Å². The lowest BCUT2D eigenvalue weighted by molar-refractivity contribution is -0.118. The van der Waals surface area contributed by atoms with Crippen LogP contribution >= 0.6 is 0 Å². The van der Waals surface area contributed by atoms with Crippen molar-refractivity contribution in [2.24, 2.45) is 0 Å². The van der Waals surface area contributed by atoms with Gasteiger partial charge in [-0.3, -0.25) is 9.59 Å². The maximum atomic E-state index is 14.4. The summed E-state index contributed by atoms with van der Waals surface area (Å²) < 4.78 is 26.7. The number of anilines is 1. The van der Waals surface area contributed by atoms with E-state index in [1.807, 2.05) is 0 Å². The quantitative estimate of drug-likeness (QED) is 0.617. The van der Waals surface area contributed by atoms with Gasteiger partial charge in [0.2, 0.25) is 0 Å². The minimum Gasteiger partial charge on any atom is -0.493 e. The van der Waals surface area contributed by atoms with Gasteiger partial charge < -0.3 is 19.4 Å². The Labute approximate surface area is 167 Å². The van der Waals surface area contributed by atoms with Crippen molar-refractivity contribution < 1.29 is 23.5 Å². The molecule has 0 atom stereocenters. The second-order valence-electron chi connectivity index (χ2n) is 6.27. The van der Waals surface area contributed by atoms with Crippen LogP contribution in [0.3, 0.4) is 0 Å². The molecule has 1 aromatic heterocycles. The molecule has 2 aromatic carbocycles. The number of Topliss-reactive ketones (excluding diaryl/α,β-unsaturated/α-hetero) is 1. The first-order valence-corrected chi connectivity index (χ1v) is 8.80. The molecule has 0 bridgehead atoms. The van der Waals surface area contributed by atoms with Gasteiger partial charge >= 0.3 is 0 Å². The number of methoxy groups -OCH3 is 1. The van der Waals surface area contributed by atoms with Gasteiger partial charge in [0.1, 0.15) is 11.6 Å². The molecule has 0 aliphatic heterocycles. The van der Waals surface area contributed by atoms with Crippen molar-refractivity contribution >= 4 is 17.4 Å². The molecule has 0 unspecified atom stereocenters. The third-order valence-electron chi connectivity index (χ3n) is 4.25. The van der Waals surface area contributed by atoms with Crippen LogP contribution in [0.25, 0.3) is 5.69 Å². The average Bonchev–Trinajstić information content (AvgIpc) is 3.12. The van der Waals surface area contributed by atoms with Crippen LogP contribution in [0.5, 0.6) is 11.5 Å². The Morgan fingerprint density at radius 1 is 1.17 bits per heavy atom. The van der Waals surface area contributed by atoms with Crippen LogP contribution < -0.4 is 14.8 Å². The van der Waals surface area contributed by atoms with Gasteiger partial charge in [0.05, 0.1) is 12.8 Å². The molecular formula is C21H20FN3O4. The zero-order valence-corrected chi connectivity index (χ0v) is 16.2. The first kappa shape index (κ1) is 20.1. The number of aryl methyl sites for hydroxylation is 1. The number of hydrogen-bond acceptors (Lipinski definition) is 5. The first-order valence-electron chi connectivity index (χ1n) is 8.80. The second kappa shape index (κ2) is 8.55.